The van der Waals surface area contributed by atoms with Gasteiger partial charge in [-0.25, -0.2) is 4.98 Å². The third-order valence-electron chi connectivity index (χ3n) is 11.0. The molecule has 9 aromatic carbocycles. The third kappa shape index (κ3) is 5.58. The van der Waals surface area contributed by atoms with Crippen molar-refractivity contribution in [1.82, 2.24) is 9.55 Å². The van der Waals surface area contributed by atoms with Crippen LogP contribution in [0.15, 0.2) is 217 Å². The molecule has 0 unspecified atom stereocenters. The van der Waals surface area contributed by atoms with Gasteiger partial charge in [-0.3, -0.25) is 0 Å². The lowest BCUT2D eigenvalue weighted by Gasteiger charge is -2.28. The van der Waals surface area contributed by atoms with Crippen molar-refractivity contribution >= 4 is 60.7 Å². The van der Waals surface area contributed by atoms with Crippen molar-refractivity contribution in [2.75, 3.05) is 4.90 Å². The molecule has 268 valence electrons. The van der Waals surface area contributed by atoms with E-state index in [1.54, 1.807) is 0 Å². The first-order chi connectivity index (χ1) is 28.3. The molecule has 0 saturated carbocycles. The van der Waals surface area contributed by atoms with E-state index in [9.17, 15) is 0 Å². The van der Waals surface area contributed by atoms with Crippen molar-refractivity contribution in [2.24, 2.45) is 0 Å². The normalized spacial score (nSPS) is 11.5. The van der Waals surface area contributed by atoms with Gasteiger partial charge in [0.05, 0.1) is 16.7 Å². The molecule has 11 rings (SSSR count). The fraction of sp³-hybridized carbons (Fsp3) is 0. The summed E-state index contributed by atoms with van der Waals surface area (Å²) < 4.78 is 8.94. The Hall–Kier alpha value is -7.69. The summed E-state index contributed by atoms with van der Waals surface area (Å²) >= 11 is 0. The summed E-state index contributed by atoms with van der Waals surface area (Å²) in [5, 5.41) is 4.76. The molecule has 0 N–H and O–H groups in total. The van der Waals surface area contributed by atoms with E-state index in [0.29, 0.717) is 5.89 Å². The predicted octanol–water partition coefficient (Wildman–Crippen LogP) is 14.5. The van der Waals surface area contributed by atoms with E-state index in [-0.39, 0.29) is 0 Å². The average molecular weight is 730 g/mol. The average Bonchev–Trinajstić information content (AvgIpc) is 3.88. The van der Waals surface area contributed by atoms with Crippen LogP contribution in [0.5, 0.6) is 0 Å². The van der Waals surface area contributed by atoms with Gasteiger partial charge in [-0.1, -0.05) is 146 Å². The zero-order valence-electron chi connectivity index (χ0n) is 31.0. The number of rotatable bonds is 7. The molecule has 11 aromatic rings. The second-order valence-corrected chi connectivity index (χ2v) is 14.4. The van der Waals surface area contributed by atoms with Gasteiger partial charge < -0.3 is 13.9 Å². The molecule has 0 atom stereocenters. The molecule has 0 aliphatic heterocycles. The highest BCUT2D eigenvalue weighted by molar-refractivity contribution is 6.22. The molecule has 0 bridgehead atoms. The summed E-state index contributed by atoms with van der Waals surface area (Å²) in [5.41, 5.74) is 13.7. The van der Waals surface area contributed by atoms with Gasteiger partial charge in [0.2, 0.25) is 5.89 Å². The maximum atomic E-state index is 6.52. The number of para-hydroxylation sites is 3. The number of fused-ring (bicyclic) bond motifs is 6. The Labute approximate surface area is 330 Å². The monoisotopic (exact) mass is 729 g/mol. The van der Waals surface area contributed by atoms with Gasteiger partial charge in [-0.2, -0.15) is 0 Å². The number of aromatic nitrogens is 2. The zero-order chi connectivity index (χ0) is 37.7. The number of hydrogen-bond acceptors (Lipinski definition) is 3. The summed E-state index contributed by atoms with van der Waals surface area (Å²) in [4.78, 5) is 7.30. The van der Waals surface area contributed by atoms with Crippen LogP contribution in [0.25, 0.3) is 83.1 Å². The Bertz CT molecular complexity index is 3220. The Balaban J connectivity index is 1.15. The Morgan fingerprint density at radius 1 is 0.421 bits per heavy atom. The van der Waals surface area contributed by atoms with E-state index in [0.717, 1.165) is 55.9 Å². The van der Waals surface area contributed by atoms with E-state index in [2.05, 4.69) is 185 Å². The molecule has 4 heteroatoms. The van der Waals surface area contributed by atoms with E-state index in [1.165, 1.54) is 38.3 Å². The minimum absolute atomic E-state index is 0.615. The van der Waals surface area contributed by atoms with Gasteiger partial charge >= 0.3 is 0 Å². The van der Waals surface area contributed by atoms with Crippen LogP contribution >= 0.6 is 0 Å². The summed E-state index contributed by atoms with van der Waals surface area (Å²) in [6.07, 6.45) is 0. The largest absolute Gasteiger partial charge is 0.435 e. The molecule has 0 saturated heterocycles. The number of hydrogen-bond donors (Lipinski definition) is 0. The minimum atomic E-state index is 0.615. The Kier molecular flexibility index (Phi) is 7.78. The number of anilines is 3. The van der Waals surface area contributed by atoms with Gasteiger partial charge in [0, 0.05) is 49.7 Å². The molecule has 0 radical (unpaired) electrons. The van der Waals surface area contributed by atoms with E-state index in [1.807, 2.05) is 36.4 Å². The highest BCUT2D eigenvalue weighted by Crippen LogP contribution is 2.46. The molecule has 2 heterocycles. The first-order valence-corrected chi connectivity index (χ1v) is 19.3. The third-order valence-corrected chi connectivity index (χ3v) is 11.0. The summed E-state index contributed by atoms with van der Waals surface area (Å²) in [6, 6.07) is 75.2. The molecule has 0 amide bonds. The Morgan fingerprint density at radius 2 is 1.04 bits per heavy atom. The number of nitrogens with zero attached hydrogens (tertiary/aromatic N) is 3. The molecule has 0 aliphatic carbocycles. The van der Waals surface area contributed by atoms with Crippen LogP contribution in [-0.4, -0.2) is 9.55 Å². The highest BCUT2D eigenvalue weighted by Gasteiger charge is 2.23. The molecule has 2 aromatic heterocycles. The maximum Gasteiger partial charge on any atom is 0.227 e. The second kappa shape index (κ2) is 13.6. The van der Waals surface area contributed by atoms with Gasteiger partial charge in [0.25, 0.3) is 0 Å². The van der Waals surface area contributed by atoms with Crippen molar-refractivity contribution in [3.63, 3.8) is 0 Å². The topological polar surface area (TPSA) is 34.2 Å². The Morgan fingerprint density at radius 3 is 1.81 bits per heavy atom. The van der Waals surface area contributed by atoms with Crippen LogP contribution in [-0.2, 0) is 0 Å². The lowest BCUT2D eigenvalue weighted by Crippen LogP contribution is -2.11. The van der Waals surface area contributed by atoms with Crippen molar-refractivity contribution in [3.05, 3.63) is 212 Å². The lowest BCUT2D eigenvalue weighted by atomic mass is 10.00. The van der Waals surface area contributed by atoms with Crippen molar-refractivity contribution < 1.29 is 4.42 Å². The zero-order valence-corrected chi connectivity index (χ0v) is 31.0. The first kappa shape index (κ1) is 32.7. The van der Waals surface area contributed by atoms with Crippen LogP contribution in [0.1, 0.15) is 0 Å². The predicted molar refractivity (Wildman–Crippen MR) is 237 cm³/mol. The van der Waals surface area contributed by atoms with Crippen molar-refractivity contribution in [1.29, 1.82) is 0 Å². The fourth-order valence-corrected chi connectivity index (χ4v) is 8.39. The molecular formula is C53H35N3O. The van der Waals surface area contributed by atoms with Crippen LogP contribution in [0.3, 0.4) is 0 Å². The fourth-order valence-electron chi connectivity index (χ4n) is 8.39. The molecular weight excluding hydrogens is 695 g/mol. The quantitative estimate of drug-likeness (QED) is 0.164. The minimum Gasteiger partial charge on any atom is -0.435 e. The van der Waals surface area contributed by atoms with Crippen molar-refractivity contribution in [3.8, 4) is 39.4 Å². The second-order valence-electron chi connectivity index (χ2n) is 14.4. The molecule has 4 nitrogen and oxygen atoms in total. The summed E-state index contributed by atoms with van der Waals surface area (Å²) in [7, 11) is 0. The standard InChI is InChI=1S/C53H35N3O/c1-4-16-36(17-5-1)37-30-32-41(33-31-37)55(42-23-14-20-39(34-42)43-27-15-28-48-52(43)57-53(54-48)38-18-6-2-7-19-38)50-35-47-45-25-12-13-29-49(45)56(40-21-8-3-9-22-40)51(47)46-26-11-10-24-44(46)50/h1-35H. The lowest BCUT2D eigenvalue weighted by molar-refractivity contribution is 0.621. The van der Waals surface area contributed by atoms with Gasteiger partial charge in [0.15, 0.2) is 5.58 Å². The number of oxazole rings is 1. The molecule has 0 aliphatic rings. The highest BCUT2D eigenvalue weighted by atomic mass is 16.3. The first-order valence-electron chi connectivity index (χ1n) is 19.3. The summed E-state index contributed by atoms with van der Waals surface area (Å²) in [5.74, 6) is 0.615. The van der Waals surface area contributed by atoms with Gasteiger partial charge in [-0.15, -0.1) is 0 Å². The van der Waals surface area contributed by atoms with Crippen LogP contribution in [0.2, 0.25) is 0 Å². The molecule has 0 fully saturated rings. The van der Waals surface area contributed by atoms with Crippen molar-refractivity contribution in [2.45, 2.75) is 0 Å². The molecule has 0 spiro atoms. The maximum absolute atomic E-state index is 6.52. The van der Waals surface area contributed by atoms with Crippen LogP contribution < -0.4 is 4.90 Å². The van der Waals surface area contributed by atoms with E-state index >= 15 is 0 Å². The SMILES string of the molecule is c1ccc(-c2ccc(N(c3cccc(-c4cccc5nc(-c6ccccc6)oc45)c3)c3cc4c5ccccc5n(-c5ccccc5)c4c4ccccc34)cc2)cc1. The molecule has 57 heavy (non-hydrogen) atoms. The summed E-state index contributed by atoms with van der Waals surface area (Å²) in [6.45, 7) is 0. The van der Waals surface area contributed by atoms with E-state index < -0.39 is 0 Å². The van der Waals surface area contributed by atoms with Gasteiger partial charge in [-0.05, 0) is 83.4 Å². The number of benzene rings is 9. The van der Waals surface area contributed by atoms with Gasteiger partial charge in [0.1, 0.15) is 5.52 Å². The van der Waals surface area contributed by atoms with E-state index in [4.69, 9.17) is 9.40 Å². The van der Waals surface area contributed by atoms with Crippen LogP contribution in [0, 0.1) is 0 Å². The van der Waals surface area contributed by atoms with Crippen LogP contribution in [0.4, 0.5) is 17.1 Å². The smallest absolute Gasteiger partial charge is 0.227 e.